The Hall–Kier alpha value is -2.16. The second-order valence-electron chi connectivity index (χ2n) is 6.55. The molecule has 2 aromatic carbocycles. The predicted octanol–water partition coefficient (Wildman–Crippen LogP) is 3.56. The number of aryl methyl sites for hydroxylation is 1. The lowest BCUT2D eigenvalue weighted by atomic mass is 10.1. The van der Waals surface area contributed by atoms with E-state index in [1.165, 1.54) is 9.87 Å². The van der Waals surface area contributed by atoms with E-state index in [9.17, 15) is 8.42 Å². The largest absolute Gasteiger partial charge is 0.497 e. The first-order valence-corrected chi connectivity index (χ1v) is 11.4. The maximum Gasteiger partial charge on any atom is 0.243 e. The van der Waals surface area contributed by atoms with Crippen LogP contribution in [0.3, 0.4) is 0 Å². The molecule has 0 aliphatic heterocycles. The topological polar surface area (TPSA) is 70.7 Å². The van der Waals surface area contributed by atoms with Crippen LogP contribution in [-0.4, -0.2) is 44.6 Å². The molecule has 0 aromatic heterocycles. The van der Waals surface area contributed by atoms with Gasteiger partial charge in [-0.1, -0.05) is 32.0 Å². The maximum atomic E-state index is 12.8. The van der Waals surface area contributed by atoms with Gasteiger partial charge in [0.1, 0.15) is 5.75 Å². The third kappa shape index (κ3) is 6.16. The Morgan fingerprint density at radius 1 is 1.10 bits per heavy atom. The van der Waals surface area contributed by atoms with Crippen LogP contribution in [0.5, 0.6) is 5.75 Å². The van der Waals surface area contributed by atoms with Gasteiger partial charge in [-0.05, 0) is 61.0 Å². The molecule has 158 valence electrons. The third-order valence-corrected chi connectivity index (χ3v) is 6.95. The minimum absolute atomic E-state index is 0.260. The second-order valence-corrected chi connectivity index (χ2v) is 8.89. The number of ether oxygens (including phenoxy) is 1. The summed E-state index contributed by atoms with van der Waals surface area (Å²) in [6.07, 6.45) is 0.807. The summed E-state index contributed by atoms with van der Waals surface area (Å²) in [6.45, 7) is 7.10. The highest BCUT2D eigenvalue weighted by Crippen LogP contribution is 2.23. The van der Waals surface area contributed by atoms with Crippen LogP contribution in [0, 0.1) is 6.92 Å². The van der Waals surface area contributed by atoms with E-state index in [-0.39, 0.29) is 4.90 Å². The van der Waals surface area contributed by atoms with Crippen molar-refractivity contribution in [2.75, 3.05) is 32.1 Å². The molecular formula is C21H29N3O3S2. The highest BCUT2D eigenvalue weighted by atomic mass is 32.2. The molecule has 0 aliphatic carbocycles. The summed E-state index contributed by atoms with van der Waals surface area (Å²) in [5, 5.41) is 6.74. The van der Waals surface area contributed by atoms with Crippen LogP contribution in [-0.2, 0) is 16.4 Å². The number of hydrogen-bond acceptors (Lipinski definition) is 4. The SMILES string of the molecule is CCN(CC)S(=O)(=O)c1ccc(C)c(NC(=S)NCCc2ccc(OC)cc2)c1. The number of benzene rings is 2. The number of rotatable bonds is 9. The van der Waals surface area contributed by atoms with Crippen LogP contribution < -0.4 is 15.4 Å². The number of sulfonamides is 1. The molecule has 0 atom stereocenters. The summed E-state index contributed by atoms with van der Waals surface area (Å²) < 4.78 is 32.1. The van der Waals surface area contributed by atoms with Gasteiger partial charge in [0.25, 0.3) is 0 Å². The quantitative estimate of drug-likeness (QED) is 0.587. The van der Waals surface area contributed by atoms with Crippen molar-refractivity contribution in [2.45, 2.75) is 32.1 Å². The first-order valence-electron chi connectivity index (χ1n) is 9.60. The molecule has 2 rings (SSSR count). The number of hydrogen-bond donors (Lipinski definition) is 2. The molecule has 8 heteroatoms. The fourth-order valence-corrected chi connectivity index (χ4v) is 4.58. The standard InChI is InChI=1S/C21H29N3O3S2/c1-5-24(6-2)29(25,26)19-12-7-16(3)20(15-19)23-21(28)22-14-13-17-8-10-18(27-4)11-9-17/h7-12,15H,5-6,13-14H2,1-4H3,(H2,22,23,28). The van der Waals surface area contributed by atoms with Gasteiger partial charge in [-0.2, -0.15) is 4.31 Å². The van der Waals surface area contributed by atoms with Crippen molar-refractivity contribution in [3.63, 3.8) is 0 Å². The molecule has 0 saturated carbocycles. The van der Waals surface area contributed by atoms with Crippen molar-refractivity contribution in [1.82, 2.24) is 9.62 Å². The van der Waals surface area contributed by atoms with Crippen LogP contribution in [0.2, 0.25) is 0 Å². The van der Waals surface area contributed by atoms with Crippen LogP contribution >= 0.6 is 12.2 Å². The minimum Gasteiger partial charge on any atom is -0.497 e. The summed E-state index contributed by atoms with van der Waals surface area (Å²) >= 11 is 5.38. The van der Waals surface area contributed by atoms with Crippen molar-refractivity contribution < 1.29 is 13.2 Å². The molecule has 0 spiro atoms. The van der Waals surface area contributed by atoms with E-state index in [0.717, 1.165) is 17.7 Å². The lowest BCUT2D eigenvalue weighted by Gasteiger charge is -2.20. The first kappa shape index (κ1) is 23.1. The zero-order valence-corrected chi connectivity index (χ0v) is 19.0. The van der Waals surface area contributed by atoms with Gasteiger partial charge in [0.2, 0.25) is 10.0 Å². The van der Waals surface area contributed by atoms with Gasteiger partial charge in [0.15, 0.2) is 5.11 Å². The van der Waals surface area contributed by atoms with Crippen LogP contribution in [0.1, 0.15) is 25.0 Å². The van der Waals surface area contributed by atoms with Crippen LogP contribution in [0.15, 0.2) is 47.4 Å². The highest BCUT2D eigenvalue weighted by molar-refractivity contribution is 7.89. The monoisotopic (exact) mass is 435 g/mol. The van der Waals surface area contributed by atoms with Gasteiger partial charge in [-0.15, -0.1) is 0 Å². The van der Waals surface area contributed by atoms with Crippen molar-refractivity contribution in [3.05, 3.63) is 53.6 Å². The number of thiocarbonyl (C=S) groups is 1. The van der Waals surface area contributed by atoms with Gasteiger partial charge >= 0.3 is 0 Å². The summed E-state index contributed by atoms with van der Waals surface area (Å²) in [5.74, 6) is 0.828. The second kappa shape index (κ2) is 10.6. The Kier molecular flexibility index (Phi) is 8.43. The van der Waals surface area contributed by atoms with Crippen molar-refractivity contribution >= 4 is 33.0 Å². The van der Waals surface area contributed by atoms with Crippen molar-refractivity contribution in [2.24, 2.45) is 0 Å². The number of nitrogens with one attached hydrogen (secondary N) is 2. The van der Waals surface area contributed by atoms with Crippen molar-refractivity contribution in [1.29, 1.82) is 0 Å². The number of anilines is 1. The number of methoxy groups -OCH3 is 1. The molecule has 0 amide bonds. The fourth-order valence-electron chi connectivity index (χ4n) is 2.89. The molecule has 0 radical (unpaired) electrons. The van der Waals surface area contributed by atoms with E-state index in [1.807, 2.05) is 45.0 Å². The van der Waals surface area contributed by atoms with E-state index >= 15 is 0 Å². The van der Waals surface area contributed by atoms with E-state index in [4.69, 9.17) is 17.0 Å². The lowest BCUT2D eigenvalue weighted by Crippen LogP contribution is -2.32. The molecule has 0 heterocycles. The molecule has 0 unspecified atom stereocenters. The Balaban J connectivity index is 2.00. The molecule has 29 heavy (non-hydrogen) atoms. The Morgan fingerprint density at radius 2 is 1.76 bits per heavy atom. The van der Waals surface area contributed by atoms with Crippen LogP contribution in [0.4, 0.5) is 5.69 Å². The molecule has 0 fully saturated rings. The Bertz CT molecular complexity index is 925. The van der Waals surface area contributed by atoms with Crippen LogP contribution in [0.25, 0.3) is 0 Å². The molecule has 2 aromatic rings. The van der Waals surface area contributed by atoms with E-state index in [2.05, 4.69) is 10.6 Å². The smallest absolute Gasteiger partial charge is 0.243 e. The van der Waals surface area contributed by atoms with Crippen molar-refractivity contribution in [3.8, 4) is 5.75 Å². The lowest BCUT2D eigenvalue weighted by molar-refractivity contribution is 0.414. The van der Waals surface area contributed by atoms with Gasteiger partial charge in [0, 0.05) is 25.3 Å². The normalized spacial score (nSPS) is 11.3. The maximum absolute atomic E-state index is 12.8. The van der Waals surface area contributed by atoms with Gasteiger partial charge in [0.05, 0.1) is 12.0 Å². The zero-order valence-electron chi connectivity index (χ0n) is 17.4. The third-order valence-electron chi connectivity index (χ3n) is 4.66. The summed E-state index contributed by atoms with van der Waals surface area (Å²) in [4.78, 5) is 0.260. The van der Waals surface area contributed by atoms with Gasteiger partial charge in [-0.25, -0.2) is 8.42 Å². The summed E-state index contributed by atoms with van der Waals surface area (Å²) in [6, 6.07) is 13.0. The number of nitrogens with zero attached hydrogens (tertiary/aromatic N) is 1. The minimum atomic E-state index is -3.52. The highest BCUT2D eigenvalue weighted by Gasteiger charge is 2.22. The first-order chi connectivity index (χ1) is 13.8. The molecule has 0 saturated heterocycles. The predicted molar refractivity (Wildman–Crippen MR) is 122 cm³/mol. The van der Waals surface area contributed by atoms with Gasteiger partial charge < -0.3 is 15.4 Å². The molecule has 2 N–H and O–H groups in total. The molecule has 0 aliphatic rings. The van der Waals surface area contributed by atoms with E-state index in [1.54, 1.807) is 25.3 Å². The average molecular weight is 436 g/mol. The Labute approximate surface area is 179 Å². The van der Waals surface area contributed by atoms with E-state index < -0.39 is 10.0 Å². The summed E-state index contributed by atoms with van der Waals surface area (Å²) in [5.41, 5.74) is 2.77. The fraction of sp³-hybridized carbons (Fsp3) is 0.381. The molecule has 6 nitrogen and oxygen atoms in total. The average Bonchev–Trinajstić information content (AvgIpc) is 2.70. The zero-order chi connectivity index (χ0) is 21.4. The molecular weight excluding hydrogens is 406 g/mol. The van der Waals surface area contributed by atoms with E-state index in [0.29, 0.717) is 30.4 Å². The molecule has 0 bridgehead atoms. The Morgan fingerprint density at radius 3 is 2.34 bits per heavy atom. The summed E-state index contributed by atoms with van der Waals surface area (Å²) in [7, 11) is -1.87. The van der Waals surface area contributed by atoms with Gasteiger partial charge in [-0.3, -0.25) is 0 Å².